The first-order valence-electron chi connectivity index (χ1n) is 10.9. The quantitative estimate of drug-likeness (QED) is 0.312. The molecule has 0 aliphatic carbocycles. The molecule has 1 rings (SSSR count). The second-order valence-electron chi connectivity index (χ2n) is 8.51. The maximum atomic E-state index is 13.2. The van der Waals surface area contributed by atoms with Crippen molar-refractivity contribution in [1.82, 2.24) is 15.5 Å². The van der Waals surface area contributed by atoms with Crippen molar-refractivity contribution in [3.8, 4) is 0 Å². The maximum Gasteiger partial charge on any atom is 0.303 e. The number of carbonyl (C=O) groups is 5. The van der Waals surface area contributed by atoms with Crippen LogP contribution in [0.4, 0.5) is 0 Å². The highest BCUT2D eigenvalue weighted by atomic mass is 16.4. The molecule has 1 aliphatic rings. The van der Waals surface area contributed by atoms with Crippen molar-refractivity contribution in [3.63, 3.8) is 0 Å². The first-order chi connectivity index (χ1) is 14.5. The fourth-order valence-electron chi connectivity index (χ4n) is 3.42. The summed E-state index contributed by atoms with van der Waals surface area (Å²) in [5.74, 6) is -2.80. The molecule has 10 nitrogen and oxygen atoms in total. The molecule has 5 N–H and O–H groups in total. The molecule has 10 heteroatoms. The molecule has 31 heavy (non-hydrogen) atoms. The van der Waals surface area contributed by atoms with Crippen LogP contribution in [0.25, 0.3) is 0 Å². The molecule has 0 bridgehead atoms. The Kier molecular flexibility index (Phi) is 10.6. The minimum Gasteiger partial charge on any atom is -0.481 e. The number of rotatable bonds is 12. The zero-order valence-corrected chi connectivity index (χ0v) is 18.8. The normalized spacial score (nSPS) is 19.9. The van der Waals surface area contributed by atoms with Gasteiger partial charge in [-0.15, -0.1) is 0 Å². The third-order valence-corrected chi connectivity index (χ3v) is 5.83. The lowest BCUT2D eigenvalue weighted by molar-refractivity contribution is -0.143. The molecule has 0 radical (unpaired) electrons. The molecular weight excluding hydrogens is 404 g/mol. The van der Waals surface area contributed by atoms with Crippen molar-refractivity contribution in [2.24, 2.45) is 17.6 Å². The van der Waals surface area contributed by atoms with Gasteiger partial charge in [-0.1, -0.05) is 34.1 Å². The van der Waals surface area contributed by atoms with Gasteiger partial charge in [-0.25, -0.2) is 0 Å². The van der Waals surface area contributed by atoms with Gasteiger partial charge in [-0.05, 0) is 31.1 Å². The lowest BCUT2D eigenvalue weighted by Gasteiger charge is -2.30. The number of nitrogens with two attached hydrogens (primary N) is 1. The van der Waals surface area contributed by atoms with Crippen LogP contribution in [-0.2, 0) is 24.0 Å². The molecule has 3 amide bonds. The highest BCUT2D eigenvalue weighted by molar-refractivity contribution is 5.94. The standard InChI is InChI=1S/C21H36N4O6/c1-5-13(4)15(11-26)24-19(29)16-7-6-10-25(16)21(31)14(8-9-17(27)28)23-20(30)18(22)12(2)3/h11-16,18H,5-10,22H2,1-4H3,(H,23,30)(H,24,29)(H,27,28)/t13-,14-,15+,16-,18-/m0/s1. The Morgan fingerprint density at radius 1 is 1.19 bits per heavy atom. The summed E-state index contributed by atoms with van der Waals surface area (Å²) in [6.45, 7) is 7.60. The summed E-state index contributed by atoms with van der Waals surface area (Å²) in [6, 6.07) is -3.37. The molecule has 1 saturated heterocycles. The molecule has 0 aromatic carbocycles. The van der Waals surface area contributed by atoms with Crippen LogP contribution >= 0.6 is 0 Å². The van der Waals surface area contributed by atoms with E-state index in [-0.39, 0.29) is 24.7 Å². The van der Waals surface area contributed by atoms with Crippen LogP contribution in [0.3, 0.4) is 0 Å². The summed E-state index contributed by atoms with van der Waals surface area (Å²) in [5.41, 5.74) is 5.85. The number of hydrogen-bond donors (Lipinski definition) is 4. The van der Waals surface area contributed by atoms with Crippen LogP contribution in [0.2, 0.25) is 0 Å². The molecule has 5 atom stereocenters. The number of carbonyl (C=O) groups excluding carboxylic acids is 4. The van der Waals surface area contributed by atoms with Gasteiger partial charge in [-0.3, -0.25) is 19.2 Å². The largest absolute Gasteiger partial charge is 0.481 e. The fraction of sp³-hybridized carbons (Fsp3) is 0.762. The van der Waals surface area contributed by atoms with E-state index in [1.165, 1.54) is 4.90 Å². The predicted octanol–water partition coefficient (Wildman–Crippen LogP) is 0.0401. The van der Waals surface area contributed by atoms with Gasteiger partial charge >= 0.3 is 5.97 Å². The van der Waals surface area contributed by atoms with Crippen LogP contribution in [-0.4, -0.2) is 70.7 Å². The SMILES string of the molecule is CC[C@H](C)[C@@H](C=O)NC(=O)[C@@H]1CCCN1C(=O)[C@H](CCC(=O)O)NC(=O)[C@@H](N)C(C)C. The van der Waals surface area contributed by atoms with Gasteiger partial charge in [0.05, 0.1) is 12.1 Å². The third kappa shape index (κ3) is 7.61. The number of nitrogens with one attached hydrogen (secondary N) is 2. The Morgan fingerprint density at radius 2 is 1.84 bits per heavy atom. The van der Waals surface area contributed by atoms with Gasteiger partial charge in [0, 0.05) is 13.0 Å². The number of likely N-dealkylation sites (tertiary alicyclic amines) is 1. The van der Waals surface area contributed by atoms with E-state index in [9.17, 15) is 24.0 Å². The summed E-state index contributed by atoms with van der Waals surface area (Å²) in [6.07, 6.45) is 1.98. The van der Waals surface area contributed by atoms with Crippen molar-refractivity contribution in [3.05, 3.63) is 0 Å². The second kappa shape index (κ2) is 12.4. The Balaban J connectivity index is 2.97. The zero-order valence-electron chi connectivity index (χ0n) is 18.8. The van der Waals surface area contributed by atoms with Crippen molar-refractivity contribution >= 4 is 30.0 Å². The summed E-state index contributed by atoms with van der Waals surface area (Å²) >= 11 is 0. The van der Waals surface area contributed by atoms with Gasteiger partial charge in [0.1, 0.15) is 18.4 Å². The highest BCUT2D eigenvalue weighted by Crippen LogP contribution is 2.20. The minimum atomic E-state index is -1.10. The first kappa shape index (κ1) is 26.5. The summed E-state index contributed by atoms with van der Waals surface area (Å²) in [4.78, 5) is 62.1. The van der Waals surface area contributed by atoms with Crippen LogP contribution < -0.4 is 16.4 Å². The Labute approximate surface area is 183 Å². The second-order valence-corrected chi connectivity index (χ2v) is 8.51. The molecule has 0 spiro atoms. The van der Waals surface area contributed by atoms with E-state index in [1.54, 1.807) is 13.8 Å². The number of hydrogen-bond acceptors (Lipinski definition) is 6. The van der Waals surface area contributed by atoms with E-state index in [1.807, 2.05) is 13.8 Å². The minimum absolute atomic E-state index is 0.0490. The predicted molar refractivity (Wildman–Crippen MR) is 114 cm³/mol. The van der Waals surface area contributed by atoms with Crippen LogP contribution in [0.15, 0.2) is 0 Å². The molecule has 0 aromatic heterocycles. The molecule has 1 aliphatic heterocycles. The molecule has 176 valence electrons. The third-order valence-electron chi connectivity index (χ3n) is 5.83. The monoisotopic (exact) mass is 440 g/mol. The number of nitrogens with zero attached hydrogens (tertiary/aromatic N) is 1. The van der Waals surface area contributed by atoms with E-state index in [0.29, 0.717) is 32.1 Å². The van der Waals surface area contributed by atoms with E-state index in [0.717, 1.165) is 0 Å². The van der Waals surface area contributed by atoms with Crippen molar-refractivity contribution in [1.29, 1.82) is 0 Å². The topological polar surface area (TPSA) is 159 Å². The summed E-state index contributed by atoms with van der Waals surface area (Å²) in [5, 5.41) is 14.3. The molecule has 1 heterocycles. The van der Waals surface area contributed by atoms with Crippen molar-refractivity contribution in [2.75, 3.05) is 6.54 Å². The first-order valence-corrected chi connectivity index (χ1v) is 10.9. The highest BCUT2D eigenvalue weighted by Gasteiger charge is 2.39. The van der Waals surface area contributed by atoms with Crippen LogP contribution in [0, 0.1) is 11.8 Å². The number of carboxylic acid groups (broad SMARTS) is 1. The number of aldehydes is 1. The van der Waals surface area contributed by atoms with E-state index in [4.69, 9.17) is 10.8 Å². The molecule has 0 saturated carbocycles. The smallest absolute Gasteiger partial charge is 0.303 e. The van der Waals surface area contributed by atoms with Crippen molar-refractivity contribution in [2.45, 2.75) is 84.0 Å². The van der Waals surface area contributed by atoms with E-state index >= 15 is 0 Å². The van der Waals surface area contributed by atoms with Crippen LogP contribution in [0.5, 0.6) is 0 Å². The van der Waals surface area contributed by atoms with Gasteiger partial charge in [0.15, 0.2) is 0 Å². The van der Waals surface area contributed by atoms with Crippen molar-refractivity contribution < 1.29 is 29.1 Å². The van der Waals surface area contributed by atoms with E-state index < -0.39 is 47.9 Å². The average molecular weight is 441 g/mol. The zero-order chi connectivity index (χ0) is 23.7. The van der Waals surface area contributed by atoms with Gasteiger partial charge < -0.3 is 31.2 Å². The number of carboxylic acids is 1. The Morgan fingerprint density at radius 3 is 2.35 bits per heavy atom. The molecular formula is C21H36N4O6. The molecule has 1 fully saturated rings. The fourth-order valence-corrected chi connectivity index (χ4v) is 3.42. The Hall–Kier alpha value is -2.49. The summed E-state index contributed by atoms with van der Waals surface area (Å²) in [7, 11) is 0. The van der Waals surface area contributed by atoms with Gasteiger partial charge in [0.2, 0.25) is 17.7 Å². The van der Waals surface area contributed by atoms with Crippen LogP contribution in [0.1, 0.15) is 59.8 Å². The lowest BCUT2D eigenvalue weighted by atomic mass is 10.00. The van der Waals surface area contributed by atoms with Gasteiger partial charge in [0.25, 0.3) is 0 Å². The Bertz CT molecular complexity index is 668. The maximum absolute atomic E-state index is 13.2. The number of aliphatic carboxylic acids is 1. The average Bonchev–Trinajstić information content (AvgIpc) is 3.22. The molecule has 0 unspecified atom stereocenters. The summed E-state index contributed by atoms with van der Waals surface area (Å²) < 4.78 is 0. The number of amides is 3. The van der Waals surface area contributed by atoms with E-state index in [2.05, 4.69) is 10.6 Å². The lowest BCUT2D eigenvalue weighted by Crippen LogP contribution is -2.57. The van der Waals surface area contributed by atoms with Gasteiger partial charge in [-0.2, -0.15) is 0 Å². The molecule has 0 aromatic rings.